The summed E-state index contributed by atoms with van der Waals surface area (Å²) in [5, 5.41) is 21.2. The summed E-state index contributed by atoms with van der Waals surface area (Å²) in [5.41, 5.74) is 0.0957. The van der Waals surface area contributed by atoms with Crippen LogP contribution in [0, 0.1) is 0 Å². The standard InChI is InChI=1S/C11H8O3.Na/c12-10-6-5-9(11(13)14)7-3-1-2-4-8(7)10;/h1-6,12H,(H,13,14);/q;+1/p-1. The van der Waals surface area contributed by atoms with Crippen LogP contribution < -0.4 is 34.7 Å². The second-order valence-corrected chi connectivity index (χ2v) is 2.97. The molecule has 0 aliphatic heterocycles. The van der Waals surface area contributed by atoms with Crippen LogP contribution in [-0.4, -0.2) is 11.1 Å². The largest absolute Gasteiger partial charge is 1.00 e. The summed E-state index contributed by atoms with van der Waals surface area (Å²) in [6, 6.07) is 9.45. The molecule has 2 aromatic rings. The smallest absolute Gasteiger partial charge is 0.545 e. The summed E-state index contributed by atoms with van der Waals surface area (Å²) < 4.78 is 0. The topological polar surface area (TPSA) is 60.4 Å². The molecule has 2 rings (SSSR count). The number of aromatic carboxylic acids is 1. The number of phenols is 1. The molecule has 2 aromatic carbocycles. The molecule has 0 saturated carbocycles. The molecule has 0 spiro atoms. The second-order valence-electron chi connectivity index (χ2n) is 2.97. The van der Waals surface area contributed by atoms with Gasteiger partial charge in [0.1, 0.15) is 5.75 Å². The van der Waals surface area contributed by atoms with E-state index < -0.39 is 5.97 Å². The predicted octanol–water partition coefficient (Wildman–Crippen LogP) is -2.09. The van der Waals surface area contributed by atoms with Gasteiger partial charge < -0.3 is 15.0 Å². The Bertz CT molecular complexity index is 508. The van der Waals surface area contributed by atoms with Gasteiger partial charge >= 0.3 is 29.6 Å². The normalized spacial score (nSPS) is 9.60. The Labute approximate surface area is 109 Å². The van der Waals surface area contributed by atoms with E-state index in [1.54, 1.807) is 24.3 Å². The van der Waals surface area contributed by atoms with Gasteiger partial charge in [0.15, 0.2) is 0 Å². The number of carbonyl (C=O) groups excluding carboxylic acids is 1. The molecular formula is C11H7NaO3. The van der Waals surface area contributed by atoms with Gasteiger partial charge in [-0.15, -0.1) is 0 Å². The van der Waals surface area contributed by atoms with Gasteiger partial charge in [-0.05, 0) is 17.5 Å². The number of aromatic hydroxyl groups is 1. The van der Waals surface area contributed by atoms with Crippen LogP contribution in [0.15, 0.2) is 36.4 Å². The molecule has 0 amide bonds. The van der Waals surface area contributed by atoms with Crippen LogP contribution in [0.2, 0.25) is 0 Å². The molecule has 70 valence electrons. The molecule has 0 atom stereocenters. The Balaban J connectivity index is 0.00000112. The van der Waals surface area contributed by atoms with Crippen molar-refractivity contribution in [2.24, 2.45) is 0 Å². The van der Waals surface area contributed by atoms with E-state index in [1.165, 1.54) is 12.1 Å². The first-order valence-corrected chi connectivity index (χ1v) is 4.12. The van der Waals surface area contributed by atoms with Gasteiger partial charge in [0.2, 0.25) is 0 Å². The Hall–Kier alpha value is -1.03. The first kappa shape index (κ1) is 12.0. The van der Waals surface area contributed by atoms with E-state index in [2.05, 4.69) is 0 Å². The monoisotopic (exact) mass is 210 g/mol. The predicted molar refractivity (Wildman–Crippen MR) is 49.9 cm³/mol. The fourth-order valence-electron chi connectivity index (χ4n) is 1.46. The average Bonchev–Trinajstić information content (AvgIpc) is 2.18. The third-order valence-electron chi connectivity index (χ3n) is 2.12. The molecule has 0 aliphatic carbocycles. The molecule has 0 fully saturated rings. The summed E-state index contributed by atoms with van der Waals surface area (Å²) in [6.07, 6.45) is 0. The first-order chi connectivity index (χ1) is 6.70. The van der Waals surface area contributed by atoms with Crippen molar-refractivity contribution in [2.75, 3.05) is 0 Å². The Morgan fingerprint density at radius 3 is 2.27 bits per heavy atom. The number of carboxylic acid groups (broad SMARTS) is 1. The van der Waals surface area contributed by atoms with Gasteiger partial charge in [-0.3, -0.25) is 0 Å². The number of hydrogen-bond donors (Lipinski definition) is 1. The number of carbonyl (C=O) groups is 1. The number of benzene rings is 2. The minimum atomic E-state index is -1.23. The van der Waals surface area contributed by atoms with E-state index in [4.69, 9.17) is 0 Å². The molecule has 0 aromatic heterocycles. The number of rotatable bonds is 1. The molecule has 0 bridgehead atoms. The van der Waals surface area contributed by atoms with Crippen LogP contribution in [0.3, 0.4) is 0 Å². The number of fused-ring (bicyclic) bond motifs is 1. The molecule has 15 heavy (non-hydrogen) atoms. The van der Waals surface area contributed by atoms with Crippen molar-refractivity contribution >= 4 is 16.7 Å². The molecule has 0 heterocycles. The van der Waals surface area contributed by atoms with Crippen molar-refractivity contribution in [3.05, 3.63) is 42.0 Å². The molecule has 0 saturated heterocycles. The van der Waals surface area contributed by atoms with Gasteiger partial charge in [0, 0.05) is 10.9 Å². The average molecular weight is 210 g/mol. The molecule has 0 radical (unpaired) electrons. The van der Waals surface area contributed by atoms with E-state index >= 15 is 0 Å². The van der Waals surface area contributed by atoms with E-state index in [0.717, 1.165) is 0 Å². The summed E-state index contributed by atoms with van der Waals surface area (Å²) >= 11 is 0. The van der Waals surface area contributed by atoms with E-state index in [0.29, 0.717) is 10.8 Å². The Morgan fingerprint density at radius 2 is 1.67 bits per heavy atom. The van der Waals surface area contributed by atoms with Crippen molar-refractivity contribution in [1.29, 1.82) is 0 Å². The molecule has 3 nitrogen and oxygen atoms in total. The van der Waals surface area contributed by atoms with Crippen molar-refractivity contribution in [2.45, 2.75) is 0 Å². The van der Waals surface area contributed by atoms with Gasteiger partial charge in [-0.25, -0.2) is 0 Å². The molecule has 0 aliphatic rings. The maximum Gasteiger partial charge on any atom is 1.00 e. The van der Waals surface area contributed by atoms with Crippen LogP contribution in [-0.2, 0) is 0 Å². The number of hydrogen-bond acceptors (Lipinski definition) is 3. The fourth-order valence-corrected chi connectivity index (χ4v) is 1.46. The third-order valence-corrected chi connectivity index (χ3v) is 2.12. The van der Waals surface area contributed by atoms with Crippen LogP contribution in [0.4, 0.5) is 0 Å². The van der Waals surface area contributed by atoms with Crippen LogP contribution >= 0.6 is 0 Å². The Kier molecular flexibility index (Phi) is 3.74. The number of carboxylic acids is 1. The summed E-state index contributed by atoms with van der Waals surface area (Å²) in [4.78, 5) is 10.7. The SMILES string of the molecule is O=C([O-])c1ccc(O)c2ccccc12.[Na+]. The first-order valence-electron chi connectivity index (χ1n) is 4.12. The zero-order chi connectivity index (χ0) is 10.1. The summed E-state index contributed by atoms with van der Waals surface area (Å²) in [7, 11) is 0. The van der Waals surface area contributed by atoms with Gasteiger partial charge in [-0.1, -0.05) is 24.3 Å². The summed E-state index contributed by atoms with van der Waals surface area (Å²) in [5.74, 6) is -1.16. The number of phenolic OH excluding ortho intramolecular Hbond substituents is 1. The zero-order valence-electron chi connectivity index (χ0n) is 8.23. The maximum atomic E-state index is 10.7. The second kappa shape index (κ2) is 4.66. The minimum absolute atomic E-state index is 0. The molecule has 4 heteroatoms. The molecule has 0 unspecified atom stereocenters. The fraction of sp³-hybridized carbons (Fsp3) is 0. The zero-order valence-corrected chi connectivity index (χ0v) is 10.2. The van der Waals surface area contributed by atoms with Crippen molar-refractivity contribution in [3.63, 3.8) is 0 Å². The third kappa shape index (κ3) is 2.15. The quantitative estimate of drug-likeness (QED) is 0.549. The van der Waals surface area contributed by atoms with Gasteiger partial charge in [0.05, 0.1) is 5.97 Å². The van der Waals surface area contributed by atoms with E-state index in [1.807, 2.05) is 0 Å². The Morgan fingerprint density at radius 1 is 1.07 bits per heavy atom. The van der Waals surface area contributed by atoms with E-state index in [9.17, 15) is 15.0 Å². The van der Waals surface area contributed by atoms with E-state index in [-0.39, 0.29) is 40.9 Å². The molecular weight excluding hydrogens is 203 g/mol. The van der Waals surface area contributed by atoms with Crippen LogP contribution in [0.1, 0.15) is 10.4 Å². The van der Waals surface area contributed by atoms with Crippen molar-refractivity contribution < 1.29 is 44.6 Å². The van der Waals surface area contributed by atoms with Gasteiger partial charge in [0.25, 0.3) is 0 Å². The van der Waals surface area contributed by atoms with Crippen LogP contribution in [0.5, 0.6) is 5.75 Å². The minimum Gasteiger partial charge on any atom is -0.545 e. The van der Waals surface area contributed by atoms with Crippen molar-refractivity contribution in [1.82, 2.24) is 0 Å². The van der Waals surface area contributed by atoms with Gasteiger partial charge in [-0.2, -0.15) is 0 Å². The summed E-state index contributed by atoms with van der Waals surface area (Å²) in [6.45, 7) is 0. The van der Waals surface area contributed by atoms with Crippen molar-refractivity contribution in [3.8, 4) is 5.75 Å². The van der Waals surface area contributed by atoms with Crippen LogP contribution in [0.25, 0.3) is 10.8 Å². The maximum absolute atomic E-state index is 10.7. The molecule has 1 N–H and O–H groups in total.